The van der Waals surface area contributed by atoms with Crippen LogP contribution in [0.4, 0.5) is 11.4 Å². The molecule has 2 amide bonds. The number of ether oxygens (including phenoxy) is 1. The Balaban J connectivity index is 2.12. The Hall–Kier alpha value is -4.45. The summed E-state index contributed by atoms with van der Waals surface area (Å²) in [4.78, 5) is 39.7. The lowest BCUT2D eigenvalue weighted by Gasteiger charge is -2.33. The second-order valence-corrected chi connectivity index (χ2v) is 12.5. The molecule has 0 heterocycles. The zero-order valence-electron chi connectivity index (χ0n) is 25.9. The largest absolute Gasteiger partial charge is 0.497 e. The summed E-state index contributed by atoms with van der Waals surface area (Å²) in [7, 11) is -3.02. The van der Waals surface area contributed by atoms with E-state index < -0.39 is 33.4 Å². The molecule has 2 atom stereocenters. The van der Waals surface area contributed by atoms with Gasteiger partial charge in [0.2, 0.25) is 11.8 Å². The van der Waals surface area contributed by atoms with Gasteiger partial charge in [-0.15, -0.1) is 0 Å². The summed E-state index contributed by atoms with van der Waals surface area (Å²) < 4.78 is 34.4. The molecule has 0 spiro atoms. The van der Waals surface area contributed by atoms with E-state index in [1.54, 1.807) is 19.1 Å². The fraction of sp³-hybridized carbons (Fsp3) is 0.375. The summed E-state index contributed by atoms with van der Waals surface area (Å²) >= 11 is 0. The van der Waals surface area contributed by atoms with Crippen molar-refractivity contribution >= 4 is 33.2 Å². The lowest BCUT2D eigenvalue weighted by atomic mass is 10.1. The smallest absolute Gasteiger partial charge is 0.273 e. The van der Waals surface area contributed by atoms with E-state index in [9.17, 15) is 28.1 Å². The average Bonchev–Trinajstić information content (AvgIpc) is 2.99. The van der Waals surface area contributed by atoms with Crippen molar-refractivity contribution in [1.29, 1.82) is 0 Å². The first-order chi connectivity index (χ1) is 20.8. The summed E-state index contributed by atoms with van der Waals surface area (Å²) in [5, 5.41) is 14.6. The quantitative estimate of drug-likeness (QED) is 0.194. The van der Waals surface area contributed by atoms with Crippen LogP contribution in [0, 0.1) is 24.0 Å². The number of rotatable bonds is 14. The van der Waals surface area contributed by atoms with E-state index >= 15 is 0 Å². The number of carbonyl (C=O) groups excluding carboxylic acids is 2. The van der Waals surface area contributed by atoms with Gasteiger partial charge in [-0.05, 0) is 69.5 Å². The Kier molecular flexibility index (Phi) is 11.5. The molecule has 44 heavy (non-hydrogen) atoms. The highest BCUT2D eigenvalue weighted by Gasteiger charge is 2.34. The summed E-state index contributed by atoms with van der Waals surface area (Å²) in [6, 6.07) is 16.2. The molecule has 0 aromatic heterocycles. The molecular formula is C32H40N4O7S. The fourth-order valence-electron chi connectivity index (χ4n) is 4.72. The van der Waals surface area contributed by atoms with E-state index in [4.69, 9.17) is 4.74 Å². The van der Waals surface area contributed by atoms with Gasteiger partial charge >= 0.3 is 0 Å². The van der Waals surface area contributed by atoms with Crippen LogP contribution in [0.15, 0.2) is 71.6 Å². The monoisotopic (exact) mass is 624 g/mol. The number of nitro groups is 1. The van der Waals surface area contributed by atoms with Crippen molar-refractivity contribution in [3.63, 3.8) is 0 Å². The molecule has 0 saturated heterocycles. The van der Waals surface area contributed by atoms with E-state index in [-0.39, 0.29) is 34.8 Å². The number of nitrogens with zero attached hydrogens (tertiary/aromatic N) is 3. The van der Waals surface area contributed by atoms with Gasteiger partial charge in [-0.3, -0.25) is 24.0 Å². The minimum absolute atomic E-state index is 0.0689. The predicted octanol–water partition coefficient (Wildman–Crippen LogP) is 5.14. The van der Waals surface area contributed by atoms with Crippen LogP contribution >= 0.6 is 0 Å². The zero-order valence-corrected chi connectivity index (χ0v) is 26.8. The third-order valence-electron chi connectivity index (χ3n) is 7.43. The lowest BCUT2D eigenvalue weighted by molar-refractivity contribution is -0.385. The van der Waals surface area contributed by atoms with E-state index in [1.165, 1.54) is 43.2 Å². The summed E-state index contributed by atoms with van der Waals surface area (Å²) in [5.41, 5.74) is 1.83. The van der Waals surface area contributed by atoms with E-state index in [0.717, 1.165) is 21.5 Å². The molecule has 3 rings (SSSR count). The number of hydrogen-bond acceptors (Lipinski definition) is 7. The highest BCUT2D eigenvalue weighted by atomic mass is 32.2. The van der Waals surface area contributed by atoms with Crippen LogP contribution in [0.25, 0.3) is 0 Å². The third kappa shape index (κ3) is 8.13. The van der Waals surface area contributed by atoms with Crippen molar-refractivity contribution in [2.75, 3.05) is 18.0 Å². The first-order valence-electron chi connectivity index (χ1n) is 14.4. The van der Waals surface area contributed by atoms with E-state index in [0.29, 0.717) is 24.2 Å². The van der Waals surface area contributed by atoms with Gasteiger partial charge in [0.1, 0.15) is 18.3 Å². The molecule has 0 bridgehead atoms. The van der Waals surface area contributed by atoms with Gasteiger partial charge in [-0.1, -0.05) is 49.7 Å². The van der Waals surface area contributed by atoms with Crippen molar-refractivity contribution in [1.82, 2.24) is 10.2 Å². The van der Waals surface area contributed by atoms with Crippen LogP contribution in [-0.2, 0) is 26.2 Å². The van der Waals surface area contributed by atoms with Crippen molar-refractivity contribution < 1.29 is 27.7 Å². The average molecular weight is 625 g/mol. The highest BCUT2D eigenvalue weighted by molar-refractivity contribution is 7.92. The number of aryl methyl sites for hydroxylation is 2. The standard InChI is InChI=1S/C32H40N4O7S/c1-7-24(5)33-32(38)29(8-2)34(20-25-11-9-10-22(3)18-25)31(37)21-35(26-13-15-27(43-6)16-14-26)44(41,42)28-17-12-23(4)30(19-28)36(39)40/h9-19,24,29H,7-8,20-21H2,1-6H3,(H,33,38)/t24-,29+/m0/s1. The number of benzene rings is 3. The molecule has 0 fully saturated rings. The first kappa shape index (κ1) is 34.0. The molecule has 0 aliphatic rings. The maximum absolute atomic E-state index is 14.2. The number of anilines is 1. The summed E-state index contributed by atoms with van der Waals surface area (Å²) in [5.74, 6) is -0.480. The lowest BCUT2D eigenvalue weighted by Crippen LogP contribution is -2.53. The number of amides is 2. The van der Waals surface area contributed by atoms with Crippen LogP contribution < -0.4 is 14.4 Å². The summed E-state index contributed by atoms with van der Waals surface area (Å²) in [6.45, 7) is 8.44. The second kappa shape index (κ2) is 14.8. The fourth-order valence-corrected chi connectivity index (χ4v) is 6.15. The molecule has 0 aliphatic carbocycles. The van der Waals surface area contributed by atoms with Crippen molar-refractivity contribution in [3.8, 4) is 5.75 Å². The Bertz CT molecular complexity index is 1590. The highest BCUT2D eigenvalue weighted by Crippen LogP contribution is 2.29. The van der Waals surface area contributed by atoms with Gasteiger partial charge in [0, 0.05) is 24.2 Å². The van der Waals surface area contributed by atoms with Gasteiger partial charge in [-0.25, -0.2) is 8.42 Å². The Morgan fingerprint density at radius 3 is 2.25 bits per heavy atom. The Morgan fingerprint density at radius 2 is 1.68 bits per heavy atom. The van der Waals surface area contributed by atoms with Crippen LogP contribution in [0.1, 0.15) is 50.3 Å². The SMILES string of the molecule is CC[C@H](C(=O)N[C@@H](C)CC)N(Cc1cccc(C)c1)C(=O)CN(c1ccc(OC)cc1)S(=O)(=O)c1ccc(C)c([N+](=O)[O-])c1. The Labute approximate surface area is 259 Å². The molecule has 236 valence electrons. The van der Waals surface area contributed by atoms with E-state index in [1.807, 2.05) is 45.0 Å². The number of carbonyl (C=O) groups is 2. The predicted molar refractivity (Wildman–Crippen MR) is 169 cm³/mol. The molecule has 0 radical (unpaired) electrons. The van der Waals surface area contributed by atoms with Crippen LogP contribution in [0.2, 0.25) is 0 Å². The molecule has 0 saturated carbocycles. The van der Waals surface area contributed by atoms with Crippen LogP contribution in [0.5, 0.6) is 5.75 Å². The number of nitrogens with one attached hydrogen (secondary N) is 1. The molecule has 1 N–H and O–H groups in total. The zero-order chi connectivity index (χ0) is 32.6. The molecule has 0 unspecified atom stereocenters. The summed E-state index contributed by atoms with van der Waals surface area (Å²) in [6.07, 6.45) is 0.986. The van der Waals surface area contributed by atoms with Crippen molar-refractivity contribution in [2.24, 2.45) is 0 Å². The number of nitro benzene ring substituents is 1. The molecule has 3 aromatic carbocycles. The Morgan fingerprint density at radius 1 is 1.00 bits per heavy atom. The number of hydrogen-bond donors (Lipinski definition) is 1. The number of sulfonamides is 1. The molecule has 12 heteroatoms. The maximum atomic E-state index is 14.2. The number of methoxy groups -OCH3 is 1. The normalized spacial score (nSPS) is 12.6. The second-order valence-electron chi connectivity index (χ2n) is 10.7. The topological polar surface area (TPSA) is 139 Å². The third-order valence-corrected chi connectivity index (χ3v) is 9.20. The van der Waals surface area contributed by atoms with Crippen LogP contribution in [0.3, 0.4) is 0 Å². The van der Waals surface area contributed by atoms with E-state index in [2.05, 4.69) is 5.32 Å². The molecule has 0 aliphatic heterocycles. The van der Waals surface area contributed by atoms with Gasteiger partial charge in [0.25, 0.3) is 15.7 Å². The maximum Gasteiger partial charge on any atom is 0.273 e. The minimum atomic E-state index is -4.49. The first-order valence-corrected chi connectivity index (χ1v) is 15.8. The van der Waals surface area contributed by atoms with Gasteiger partial charge < -0.3 is 15.0 Å². The molecule has 3 aromatic rings. The minimum Gasteiger partial charge on any atom is -0.497 e. The molecule has 11 nitrogen and oxygen atoms in total. The van der Waals surface area contributed by atoms with Crippen molar-refractivity contribution in [2.45, 2.75) is 71.0 Å². The molecular weight excluding hydrogens is 584 g/mol. The van der Waals surface area contributed by atoms with Gasteiger partial charge in [-0.2, -0.15) is 0 Å². The van der Waals surface area contributed by atoms with Gasteiger partial charge in [0.15, 0.2) is 0 Å². The van der Waals surface area contributed by atoms with Crippen LogP contribution in [-0.4, -0.2) is 55.8 Å². The van der Waals surface area contributed by atoms with Crippen molar-refractivity contribution in [3.05, 3.63) is 93.5 Å². The van der Waals surface area contributed by atoms with Gasteiger partial charge in [0.05, 0.1) is 22.6 Å².